The second kappa shape index (κ2) is 7.23. The summed E-state index contributed by atoms with van der Waals surface area (Å²) in [7, 11) is 0. The molecule has 0 aliphatic rings. The summed E-state index contributed by atoms with van der Waals surface area (Å²) >= 11 is 4.99. The van der Waals surface area contributed by atoms with E-state index in [0.29, 0.717) is 5.71 Å². The number of nitrogens with one attached hydrogen (secondary N) is 2. The van der Waals surface area contributed by atoms with Gasteiger partial charge in [0.05, 0.1) is 17.0 Å². The Hall–Kier alpha value is -2.41. The molecule has 2 rings (SSSR count). The van der Waals surface area contributed by atoms with Crippen LogP contribution in [-0.2, 0) is 6.18 Å². The molecular weight excluding hydrogens is 323 g/mol. The van der Waals surface area contributed by atoms with E-state index in [9.17, 15) is 13.2 Å². The second-order valence-corrected chi connectivity index (χ2v) is 5.08. The van der Waals surface area contributed by atoms with Crippen molar-refractivity contribution in [3.05, 3.63) is 65.7 Å². The van der Waals surface area contributed by atoms with Gasteiger partial charge in [0.1, 0.15) is 0 Å². The molecule has 2 aromatic carbocycles. The lowest BCUT2D eigenvalue weighted by molar-refractivity contribution is -0.136. The second-order valence-electron chi connectivity index (χ2n) is 4.67. The summed E-state index contributed by atoms with van der Waals surface area (Å²) < 4.78 is 38.7. The van der Waals surface area contributed by atoms with Crippen LogP contribution in [0.25, 0.3) is 0 Å². The van der Waals surface area contributed by atoms with Gasteiger partial charge in [-0.2, -0.15) is 18.3 Å². The number of para-hydroxylation sites is 1. The first-order valence-electron chi connectivity index (χ1n) is 6.71. The van der Waals surface area contributed by atoms with E-state index in [1.165, 1.54) is 18.2 Å². The number of hydrogen-bond acceptors (Lipinski definition) is 2. The average Bonchev–Trinajstić information content (AvgIpc) is 2.53. The van der Waals surface area contributed by atoms with Gasteiger partial charge in [-0.15, -0.1) is 0 Å². The number of halogens is 3. The highest BCUT2D eigenvalue weighted by Gasteiger charge is 2.33. The van der Waals surface area contributed by atoms with Crippen molar-refractivity contribution in [2.24, 2.45) is 5.10 Å². The van der Waals surface area contributed by atoms with Gasteiger partial charge in [-0.25, -0.2) is 0 Å². The monoisotopic (exact) mass is 337 g/mol. The van der Waals surface area contributed by atoms with Gasteiger partial charge in [0.15, 0.2) is 5.11 Å². The van der Waals surface area contributed by atoms with E-state index in [0.717, 1.165) is 11.6 Å². The molecular formula is C16H14F3N3S. The topological polar surface area (TPSA) is 36.4 Å². The quantitative estimate of drug-likeness (QED) is 0.495. The van der Waals surface area contributed by atoms with Crippen molar-refractivity contribution in [2.45, 2.75) is 13.1 Å². The van der Waals surface area contributed by atoms with E-state index < -0.39 is 11.7 Å². The van der Waals surface area contributed by atoms with Gasteiger partial charge < -0.3 is 5.32 Å². The van der Waals surface area contributed by atoms with Crippen LogP contribution in [0.3, 0.4) is 0 Å². The van der Waals surface area contributed by atoms with Crippen molar-refractivity contribution >= 4 is 28.7 Å². The number of benzene rings is 2. The number of anilines is 1. The highest BCUT2D eigenvalue weighted by Crippen LogP contribution is 2.34. The lowest BCUT2D eigenvalue weighted by Gasteiger charge is -2.14. The Labute approximate surface area is 137 Å². The first-order valence-corrected chi connectivity index (χ1v) is 7.11. The van der Waals surface area contributed by atoms with Gasteiger partial charge in [0, 0.05) is 0 Å². The largest absolute Gasteiger partial charge is 0.418 e. The first kappa shape index (κ1) is 17.0. The summed E-state index contributed by atoms with van der Waals surface area (Å²) in [6, 6.07) is 14.5. The van der Waals surface area contributed by atoms with Crippen LogP contribution < -0.4 is 10.7 Å². The van der Waals surface area contributed by atoms with Crippen molar-refractivity contribution < 1.29 is 13.2 Å². The number of hydrazone groups is 1. The maximum Gasteiger partial charge on any atom is 0.418 e. The van der Waals surface area contributed by atoms with E-state index in [-0.39, 0.29) is 10.8 Å². The standard InChI is InChI=1S/C16H14F3N3S/c1-11(12-7-3-2-4-8-12)21-22-15(23)20-14-10-6-5-9-13(14)16(17,18)19/h2-10H,1H3,(H2,20,22,23)/b21-11+. The van der Waals surface area contributed by atoms with Gasteiger partial charge in [0.25, 0.3) is 0 Å². The highest BCUT2D eigenvalue weighted by molar-refractivity contribution is 7.80. The first-order chi connectivity index (χ1) is 10.9. The molecule has 120 valence electrons. The summed E-state index contributed by atoms with van der Waals surface area (Å²) in [4.78, 5) is 0. The molecule has 0 radical (unpaired) electrons. The molecule has 2 aromatic rings. The molecule has 0 atom stereocenters. The Bertz CT molecular complexity index is 712. The number of hydrogen-bond donors (Lipinski definition) is 2. The minimum atomic E-state index is -4.46. The fraction of sp³-hybridized carbons (Fsp3) is 0.125. The van der Waals surface area contributed by atoms with Crippen LogP contribution in [0.1, 0.15) is 18.1 Å². The van der Waals surface area contributed by atoms with Crippen molar-refractivity contribution in [1.82, 2.24) is 5.43 Å². The minimum absolute atomic E-state index is 0.0167. The minimum Gasteiger partial charge on any atom is -0.331 e. The van der Waals surface area contributed by atoms with Crippen LogP contribution in [0, 0.1) is 0 Å². The predicted octanol–water partition coefficient (Wildman–Crippen LogP) is 4.42. The fourth-order valence-corrected chi connectivity index (χ4v) is 2.02. The molecule has 3 nitrogen and oxygen atoms in total. The van der Waals surface area contributed by atoms with E-state index >= 15 is 0 Å². The predicted molar refractivity (Wildman–Crippen MR) is 89.5 cm³/mol. The van der Waals surface area contributed by atoms with Gasteiger partial charge in [-0.3, -0.25) is 5.43 Å². The Morgan fingerprint density at radius 2 is 1.61 bits per heavy atom. The highest BCUT2D eigenvalue weighted by atomic mass is 32.1. The smallest absolute Gasteiger partial charge is 0.331 e. The van der Waals surface area contributed by atoms with Gasteiger partial charge in [-0.05, 0) is 36.8 Å². The zero-order chi connectivity index (χ0) is 16.9. The van der Waals surface area contributed by atoms with Crippen molar-refractivity contribution in [3.63, 3.8) is 0 Å². The molecule has 0 aromatic heterocycles. The molecule has 0 unspecified atom stereocenters. The Morgan fingerprint density at radius 1 is 1.00 bits per heavy atom. The summed E-state index contributed by atoms with van der Waals surface area (Å²) in [6.45, 7) is 1.77. The van der Waals surface area contributed by atoms with Gasteiger partial charge in [0.2, 0.25) is 0 Å². The molecule has 0 fully saturated rings. The average molecular weight is 337 g/mol. The number of alkyl halides is 3. The molecule has 0 bridgehead atoms. The zero-order valence-corrected chi connectivity index (χ0v) is 13.0. The van der Waals surface area contributed by atoms with Crippen LogP contribution in [0.4, 0.5) is 18.9 Å². The SMILES string of the molecule is C/C(=N\NC(=S)Nc1ccccc1C(F)(F)F)c1ccccc1. The summed E-state index contributed by atoms with van der Waals surface area (Å²) in [5, 5.41) is 6.56. The molecule has 0 heterocycles. The van der Waals surface area contributed by atoms with E-state index in [1.807, 2.05) is 30.3 Å². The third-order valence-electron chi connectivity index (χ3n) is 3.00. The Balaban J connectivity index is 2.07. The third-order valence-corrected chi connectivity index (χ3v) is 3.19. The summed E-state index contributed by atoms with van der Waals surface area (Å²) in [5.74, 6) is 0. The number of thiocarbonyl (C=S) groups is 1. The normalized spacial score (nSPS) is 11.9. The van der Waals surface area contributed by atoms with Crippen LogP contribution in [0.15, 0.2) is 59.7 Å². The van der Waals surface area contributed by atoms with Crippen molar-refractivity contribution in [2.75, 3.05) is 5.32 Å². The van der Waals surface area contributed by atoms with Crippen molar-refractivity contribution in [3.8, 4) is 0 Å². The maximum absolute atomic E-state index is 12.9. The summed E-state index contributed by atoms with van der Waals surface area (Å²) in [5.41, 5.74) is 3.20. The molecule has 0 amide bonds. The van der Waals surface area contributed by atoms with Crippen LogP contribution in [0.5, 0.6) is 0 Å². The van der Waals surface area contributed by atoms with Crippen LogP contribution in [0.2, 0.25) is 0 Å². The van der Waals surface area contributed by atoms with E-state index in [4.69, 9.17) is 12.2 Å². The lowest BCUT2D eigenvalue weighted by atomic mass is 10.1. The van der Waals surface area contributed by atoms with Gasteiger partial charge in [-0.1, -0.05) is 42.5 Å². The molecule has 0 spiro atoms. The fourth-order valence-electron chi connectivity index (χ4n) is 1.87. The van der Waals surface area contributed by atoms with E-state index in [1.54, 1.807) is 6.92 Å². The van der Waals surface area contributed by atoms with Gasteiger partial charge >= 0.3 is 6.18 Å². The third kappa shape index (κ3) is 4.79. The molecule has 0 aliphatic heterocycles. The van der Waals surface area contributed by atoms with E-state index in [2.05, 4.69) is 15.8 Å². The number of nitrogens with zero attached hydrogens (tertiary/aromatic N) is 1. The number of rotatable bonds is 3. The molecule has 0 saturated heterocycles. The maximum atomic E-state index is 12.9. The molecule has 0 saturated carbocycles. The molecule has 7 heteroatoms. The van der Waals surface area contributed by atoms with Crippen LogP contribution in [-0.4, -0.2) is 10.8 Å². The Morgan fingerprint density at radius 3 is 2.26 bits per heavy atom. The van der Waals surface area contributed by atoms with Crippen molar-refractivity contribution in [1.29, 1.82) is 0 Å². The summed E-state index contributed by atoms with van der Waals surface area (Å²) in [6.07, 6.45) is -4.46. The Kier molecular flexibility index (Phi) is 5.33. The molecule has 23 heavy (non-hydrogen) atoms. The molecule has 0 aliphatic carbocycles. The molecule has 2 N–H and O–H groups in total. The van der Waals surface area contributed by atoms with Crippen LogP contribution >= 0.6 is 12.2 Å². The lowest BCUT2D eigenvalue weighted by Crippen LogP contribution is -2.26. The zero-order valence-electron chi connectivity index (χ0n) is 12.2.